The second-order valence-corrected chi connectivity index (χ2v) is 4.93. The van der Waals surface area contributed by atoms with Gasteiger partial charge in [-0.15, -0.1) is 0 Å². The summed E-state index contributed by atoms with van der Waals surface area (Å²) in [6.07, 6.45) is -1.39. The number of nitrogens with zero attached hydrogens (tertiary/aromatic N) is 2. The van der Waals surface area contributed by atoms with E-state index in [1.54, 1.807) is 20.8 Å². The van der Waals surface area contributed by atoms with Gasteiger partial charge in [-0.25, -0.2) is 14.7 Å². The fourth-order valence-electron chi connectivity index (χ4n) is 1.53. The molecule has 16 heavy (non-hydrogen) atoms. The number of alkyl halides is 1. The Morgan fingerprint density at radius 1 is 1.56 bits per heavy atom. The number of carbonyl (C=O) groups excluding carboxylic acids is 1. The highest BCUT2D eigenvalue weighted by atomic mass is 19.1. The van der Waals surface area contributed by atoms with E-state index in [9.17, 15) is 9.18 Å². The minimum absolute atomic E-state index is 0.0397. The van der Waals surface area contributed by atoms with Gasteiger partial charge in [-0.2, -0.15) is 5.11 Å². The zero-order valence-corrected chi connectivity index (χ0v) is 9.86. The average molecular weight is 231 g/mol. The van der Waals surface area contributed by atoms with Gasteiger partial charge in [-0.05, 0) is 27.2 Å². The number of rotatable bonds is 1. The lowest BCUT2D eigenvalue weighted by molar-refractivity contribution is 0.0112. The highest BCUT2D eigenvalue weighted by Crippen LogP contribution is 2.19. The Bertz CT molecular complexity index is 278. The van der Waals surface area contributed by atoms with Gasteiger partial charge in [0.25, 0.3) is 0 Å². The number of hydrogen-bond acceptors (Lipinski definition) is 4. The molecule has 0 saturated carbocycles. The molecule has 1 saturated heterocycles. The highest BCUT2D eigenvalue weighted by molar-refractivity contribution is 5.68. The number of hydrogen-bond donors (Lipinski definition) is 1. The van der Waals surface area contributed by atoms with Crippen LogP contribution in [-0.2, 0) is 4.74 Å². The molecule has 2 atom stereocenters. The molecule has 0 radical (unpaired) electrons. The molecule has 0 aromatic carbocycles. The molecule has 0 aliphatic carbocycles. The predicted molar refractivity (Wildman–Crippen MR) is 56.3 cm³/mol. The number of likely N-dealkylation sites (tertiary alicyclic amines) is 1. The lowest BCUT2D eigenvalue weighted by Gasteiger charge is -2.33. The first-order valence-electron chi connectivity index (χ1n) is 5.32. The molecular weight excluding hydrogens is 213 g/mol. The SMILES string of the molecule is CC(C)(C)OC(=O)N1CC[C@@H](N=N)[C@H](F)C1. The van der Waals surface area contributed by atoms with Crippen molar-refractivity contribution in [3.63, 3.8) is 0 Å². The van der Waals surface area contributed by atoms with E-state index < -0.39 is 23.9 Å². The molecule has 5 nitrogen and oxygen atoms in total. The van der Waals surface area contributed by atoms with Crippen LogP contribution in [0.3, 0.4) is 0 Å². The largest absolute Gasteiger partial charge is 0.444 e. The zero-order valence-electron chi connectivity index (χ0n) is 9.86. The van der Waals surface area contributed by atoms with Gasteiger partial charge in [-0.1, -0.05) is 0 Å². The second kappa shape index (κ2) is 4.76. The summed E-state index contributed by atoms with van der Waals surface area (Å²) < 4.78 is 18.6. The Balaban J connectivity index is 2.51. The number of ether oxygens (including phenoxy) is 1. The molecule has 1 amide bonds. The van der Waals surface area contributed by atoms with Crippen molar-refractivity contribution >= 4 is 6.09 Å². The maximum Gasteiger partial charge on any atom is 0.410 e. The summed E-state index contributed by atoms with van der Waals surface area (Å²) in [7, 11) is 0. The van der Waals surface area contributed by atoms with Crippen LogP contribution < -0.4 is 0 Å². The number of amides is 1. The lowest BCUT2D eigenvalue weighted by atomic mass is 10.0. The number of piperidine rings is 1. The Morgan fingerprint density at radius 2 is 2.19 bits per heavy atom. The van der Waals surface area contributed by atoms with E-state index in [0.29, 0.717) is 13.0 Å². The molecule has 1 fully saturated rings. The van der Waals surface area contributed by atoms with E-state index in [0.717, 1.165) is 0 Å². The molecule has 0 spiro atoms. The average Bonchev–Trinajstić information content (AvgIpc) is 2.15. The predicted octanol–water partition coefficient (Wildman–Crippen LogP) is 2.36. The Kier molecular flexibility index (Phi) is 3.83. The second-order valence-electron chi connectivity index (χ2n) is 4.93. The summed E-state index contributed by atoms with van der Waals surface area (Å²) in [6.45, 7) is 5.65. The van der Waals surface area contributed by atoms with Gasteiger partial charge in [0.1, 0.15) is 17.8 Å². The molecule has 0 aromatic rings. The first-order chi connectivity index (χ1) is 7.33. The molecule has 92 valence electrons. The van der Waals surface area contributed by atoms with Crippen molar-refractivity contribution in [1.29, 1.82) is 5.53 Å². The van der Waals surface area contributed by atoms with E-state index in [1.165, 1.54) is 4.90 Å². The summed E-state index contributed by atoms with van der Waals surface area (Å²) in [5.74, 6) is 0. The van der Waals surface area contributed by atoms with Gasteiger partial charge in [0.15, 0.2) is 0 Å². The normalized spacial score (nSPS) is 26.4. The Labute approximate surface area is 94.5 Å². The molecule has 0 unspecified atom stereocenters. The van der Waals surface area contributed by atoms with E-state index >= 15 is 0 Å². The number of halogens is 1. The summed E-state index contributed by atoms with van der Waals surface area (Å²) in [4.78, 5) is 12.9. The minimum Gasteiger partial charge on any atom is -0.444 e. The molecule has 1 rings (SSSR count). The van der Waals surface area contributed by atoms with Crippen LogP contribution in [0.1, 0.15) is 27.2 Å². The van der Waals surface area contributed by atoms with E-state index in [-0.39, 0.29) is 6.54 Å². The Morgan fingerprint density at radius 3 is 2.62 bits per heavy atom. The van der Waals surface area contributed by atoms with Crippen LogP contribution in [0.15, 0.2) is 5.11 Å². The third kappa shape index (κ3) is 3.43. The van der Waals surface area contributed by atoms with Crippen LogP contribution in [0, 0.1) is 5.53 Å². The van der Waals surface area contributed by atoms with Gasteiger partial charge in [0.2, 0.25) is 0 Å². The smallest absolute Gasteiger partial charge is 0.410 e. The Hall–Kier alpha value is -1.20. The zero-order chi connectivity index (χ0) is 12.3. The monoisotopic (exact) mass is 231 g/mol. The summed E-state index contributed by atoms with van der Waals surface area (Å²) >= 11 is 0. The van der Waals surface area contributed by atoms with Crippen LogP contribution in [0.2, 0.25) is 0 Å². The van der Waals surface area contributed by atoms with Crippen LogP contribution in [0.5, 0.6) is 0 Å². The fourth-order valence-corrected chi connectivity index (χ4v) is 1.53. The van der Waals surface area contributed by atoms with Crippen molar-refractivity contribution in [1.82, 2.24) is 4.90 Å². The van der Waals surface area contributed by atoms with Crippen molar-refractivity contribution in [2.75, 3.05) is 13.1 Å². The van der Waals surface area contributed by atoms with Gasteiger partial charge < -0.3 is 9.64 Å². The fraction of sp³-hybridized carbons (Fsp3) is 0.900. The lowest BCUT2D eigenvalue weighted by Crippen LogP contribution is -2.48. The molecule has 0 aromatic heterocycles. The van der Waals surface area contributed by atoms with Gasteiger partial charge in [0.05, 0.1) is 6.54 Å². The molecule has 1 aliphatic heterocycles. The molecule has 1 N–H and O–H groups in total. The van der Waals surface area contributed by atoms with Crippen LogP contribution >= 0.6 is 0 Å². The summed E-state index contributed by atoms with van der Waals surface area (Å²) in [6, 6.07) is -0.612. The standard InChI is InChI=1S/C10H18FN3O2/c1-10(2,3)16-9(15)14-5-4-8(13-12)7(11)6-14/h7-8,12H,4-6H2,1-3H3/t7-,8-/m1/s1. The molecule has 6 heteroatoms. The number of carbonyl (C=O) groups is 1. The summed E-state index contributed by atoms with van der Waals surface area (Å²) in [5, 5.41) is 3.19. The minimum atomic E-state index is -1.27. The molecule has 1 aliphatic rings. The van der Waals surface area contributed by atoms with Crippen molar-refractivity contribution in [2.24, 2.45) is 5.11 Å². The first kappa shape index (κ1) is 12.9. The third-order valence-corrected chi connectivity index (χ3v) is 2.32. The maximum atomic E-state index is 13.4. The van der Waals surface area contributed by atoms with E-state index in [2.05, 4.69) is 5.11 Å². The van der Waals surface area contributed by atoms with E-state index in [1.807, 2.05) is 0 Å². The van der Waals surface area contributed by atoms with Gasteiger partial charge >= 0.3 is 6.09 Å². The highest BCUT2D eigenvalue weighted by Gasteiger charge is 2.33. The molecular formula is C10H18FN3O2. The van der Waals surface area contributed by atoms with E-state index in [4.69, 9.17) is 10.3 Å². The quantitative estimate of drug-likeness (QED) is 0.704. The topological polar surface area (TPSA) is 65.8 Å². The summed E-state index contributed by atoms with van der Waals surface area (Å²) in [5.41, 5.74) is 6.23. The van der Waals surface area contributed by atoms with Crippen LogP contribution in [0.25, 0.3) is 0 Å². The van der Waals surface area contributed by atoms with Crippen molar-refractivity contribution in [3.05, 3.63) is 0 Å². The van der Waals surface area contributed by atoms with Crippen LogP contribution in [-0.4, -0.2) is 41.9 Å². The third-order valence-electron chi connectivity index (χ3n) is 2.32. The van der Waals surface area contributed by atoms with Gasteiger partial charge in [-0.3, -0.25) is 0 Å². The van der Waals surface area contributed by atoms with Crippen molar-refractivity contribution in [3.8, 4) is 0 Å². The molecule has 1 heterocycles. The number of nitrogens with one attached hydrogen (secondary N) is 1. The van der Waals surface area contributed by atoms with Crippen LogP contribution in [0.4, 0.5) is 9.18 Å². The van der Waals surface area contributed by atoms with Crippen molar-refractivity contribution in [2.45, 2.75) is 45.0 Å². The molecule has 0 bridgehead atoms. The maximum absolute atomic E-state index is 13.4. The first-order valence-corrected chi connectivity index (χ1v) is 5.32. The van der Waals surface area contributed by atoms with Crippen molar-refractivity contribution < 1.29 is 13.9 Å². The van der Waals surface area contributed by atoms with Gasteiger partial charge in [0, 0.05) is 6.54 Å².